The molecule has 2 N–H and O–H groups in total. The topological polar surface area (TPSA) is 61.4 Å². The van der Waals surface area contributed by atoms with Gasteiger partial charge < -0.3 is 10.6 Å². The molecule has 3 aromatic carbocycles. The Morgan fingerprint density at radius 2 is 1.30 bits per heavy atom. The molecule has 196 valence electrons. The predicted molar refractivity (Wildman–Crippen MR) is 126 cm³/mol. The van der Waals surface area contributed by atoms with E-state index in [4.69, 9.17) is 0 Å². The van der Waals surface area contributed by atoms with Gasteiger partial charge in [-0.1, -0.05) is 37.1 Å². The van der Waals surface area contributed by atoms with Gasteiger partial charge in [-0.3, -0.25) is 14.5 Å². The fourth-order valence-corrected chi connectivity index (χ4v) is 5.32. The van der Waals surface area contributed by atoms with E-state index >= 15 is 0 Å². The number of alkyl halides is 6. The summed E-state index contributed by atoms with van der Waals surface area (Å²) in [4.78, 5) is 27.0. The highest BCUT2D eigenvalue weighted by Crippen LogP contribution is 2.39. The molecule has 0 radical (unpaired) electrons. The lowest BCUT2D eigenvalue weighted by Crippen LogP contribution is -2.49. The first-order chi connectivity index (χ1) is 17.4. The van der Waals surface area contributed by atoms with Crippen molar-refractivity contribution in [2.45, 2.75) is 63.2 Å². The smallest absolute Gasteiger partial charge is 0.376 e. The Morgan fingerprint density at radius 3 is 1.86 bits per heavy atom. The van der Waals surface area contributed by atoms with E-state index in [9.17, 15) is 35.9 Å². The fourth-order valence-electron chi connectivity index (χ4n) is 5.32. The van der Waals surface area contributed by atoms with Crippen LogP contribution in [0.15, 0.2) is 52.1 Å². The molecule has 1 aliphatic carbocycles. The molecule has 1 aliphatic heterocycles. The van der Waals surface area contributed by atoms with E-state index in [1.807, 2.05) is 12.1 Å². The van der Waals surface area contributed by atoms with Crippen LogP contribution >= 0.6 is 0 Å². The number of anilines is 3. The molecule has 1 fully saturated rings. The molecule has 0 saturated heterocycles. The largest absolute Gasteiger partial charge is 0.416 e. The number of halogens is 6. The number of hydrogen-bond acceptors (Lipinski definition) is 5. The molecule has 0 aromatic heterocycles. The first-order valence-electron chi connectivity index (χ1n) is 11.9. The van der Waals surface area contributed by atoms with Gasteiger partial charge in [0, 0.05) is 30.9 Å². The van der Waals surface area contributed by atoms with Crippen molar-refractivity contribution in [1.29, 1.82) is 0 Å². The summed E-state index contributed by atoms with van der Waals surface area (Å²) in [5, 5.41) is 5.46. The molecule has 5 rings (SSSR count). The zero-order valence-electron chi connectivity index (χ0n) is 19.5. The van der Waals surface area contributed by atoms with Crippen molar-refractivity contribution in [3.05, 3.63) is 85.2 Å². The maximum atomic E-state index is 13.2. The van der Waals surface area contributed by atoms with Crippen molar-refractivity contribution in [3.63, 3.8) is 0 Å². The van der Waals surface area contributed by atoms with Crippen LogP contribution in [0.25, 0.3) is 0 Å². The molecule has 2 aliphatic rings. The molecule has 0 bridgehead atoms. The van der Waals surface area contributed by atoms with Crippen LogP contribution in [0.5, 0.6) is 0 Å². The lowest BCUT2D eigenvalue weighted by atomic mass is 9.88. The number of fused-ring (bicyclic) bond motifs is 1. The molecule has 1 heterocycles. The second kappa shape index (κ2) is 9.20. The van der Waals surface area contributed by atoms with E-state index in [0.29, 0.717) is 18.6 Å². The standard InChI is InChI=1S/C26H23F6N3O2/c27-25(28,29)16-9-17(26(30,31)32)11-18(10-16)33-21-22(24(37)23(21)36)34-19-7-3-4-8-20(19)35-12-14-5-1-2-6-15(14)13-35/h1-2,5-6,9-11,19-20,33-34H,3-4,7-8,12-13H2/t19-,20-/m0/s1. The summed E-state index contributed by atoms with van der Waals surface area (Å²) in [6.45, 7) is 1.47. The molecule has 37 heavy (non-hydrogen) atoms. The Balaban J connectivity index is 1.40. The molecule has 3 aromatic rings. The van der Waals surface area contributed by atoms with Crippen LogP contribution in [0.3, 0.4) is 0 Å². The number of nitrogens with one attached hydrogen (secondary N) is 2. The van der Waals surface area contributed by atoms with Gasteiger partial charge in [0.2, 0.25) is 0 Å². The SMILES string of the molecule is O=c1c(Nc2cc(C(F)(F)F)cc(C(F)(F)F)c2)c(N[C@H]2CCCC[C@@H]2N2Cc3ccccc3C2)c1=O. The molecule has 5 nitrogen and oxygen atoms in total. The van der Waals surface area contributed by atoms with Gasteiger partial charge in [0.1, 0.15) is 11.4 Å². The Labute approximate surface area is 207 Å². The summed E-state index contributed by atoms with van der Waals surface area (Å²) in [7, 11) is 0. The van der Waals surface area contributed by atoms with E-state index < -0.39 is 40.0 Å². The average molecular weight is 523 g/mol. The average Bonchev–Trinajstić information content (AvgIpc) is 3.29. The van der Waals surface area contributed by atoms with Crippen molar-refractivity contribution in [2.24, 2.45) is 0 Å². The molecule has 0 spiro atoms. The highest BCUT2D eigenvalue weighted by molar-refractivity contribution is 5.79. The maximum Gasteiger partial charge on any atom is 0.416 e. The predicted octanol–water partition coefficient (Wildman–Crippen LogP) is 5.80. The minimum atomic E-state index is -5.03. The lowest BCUT2D eigenvalue weighted by molar-refractivity contribution is -0.143. The van der Waals surface area contributed by atoms with Crippen molar-refractivity contribution in [3.8, 4) is 0 Å². The van der Waals surface area contributed by atoms with Crippen LogP contribution in [0.4, 0.5) is 43.4 Å². The Kier molecular flexibility index (Phi) is 6.29. The Morgan fingerprint density at radius 1 is 0.757 bits per heavy atom. The van der Waals surface area contributed by atoms with Crippen molar-refractivity contribution >= 4 is 17.1 Å². The van der Waals surface area contributed by atoms with Gasteiger partial charge in [0.05, 0.1) is 11.1 Å². The monoisotopic (exact) mass is 523 g/mol. The molecule has 11 heteroatoms. The molecular weight excluding hydrogens is 500 g/mol. The number of nitrogens with zero attached hydrogens (tertiary/aromatic N) is 1. The summed E-state index contributed by atoms with van der Waals surface area (Å²) in [6.07, 6.45) is -6.64. The van der Waals surface area contributed by atoms with E-state index in [1.54, 1.807) is 0 Å². The van der Waals surface area contributed by atoms with Gasteiger partial charge in [0.25, 0.3) is 10.9 Å². The maximum absolute atomic E-state index is 13.2. The van der Waals surface area contributed by atoms with Gasteiger partial charge in [-0.15, -0.1) is 0 Å². The van der Waals surface area contributed by atoms with E-state index in [0.717, 1.165) is 32.4 Å². The normalized spacial score (nSPS) is 20.7. The third-order valence-corrected chi connectivity index (χ3v) is 7.16. The van der Waals surface area contributed by atoms with E-state index in [-0.39, 0.29) is 29.5 Å². The first kappa shape index (κ1) is 25.3. The summed E-state index contributed by atoms with van der Waals surface area (Å²) in [5.41, 5.74) is -3.45. The van der Waals surface area contributed by atoms with Gasteiger partial charge in [-0.05, 0) is 42.2 Å². The van der Waals surface area contributed by atoms with Gasteiger partial charge in [-0.2, -0.15) is 26.3 Å². The van der Waals surface area contributed by atoms with Crippen LogP contribution in [0, 0.1) is 0 Å². The zero-order chi connectivity index (χ0) is 26.5. The fraction of sp³-hybridized carbons (Fsp3) is 0.385. The van der Waals surface area contributed by atoms with Gasteiger partial charge >= 0.3 is 12.4 Å². The van der Waals surface area contributed by atoms with Crippen molar-refractivity contribution in [1.82, 2.24) is 4.90 Å². The minimum absolute atomic E-state index is 0.00710. The summed E-state index contributed by atoms with van der Waals surface area (Å²) >= 11 is 0. The second-order valence-corrected chi connectivity index (χ2v) is 9.60. The zero-order valence-corrected chi connectivity index (χ0v) is 19.5. The quantitative estimate of drug-likeness (QED) is 0.327. The van der Waals surface area contributed by atoms with Crippen LogP contribution in [-0.2, 0) is 25.4 Å². The molecule has 1 saturated carbocycles. The third-order valence-electron chi connectivity index (χ3n) is 7.16. The van der Waals surface area contributed by atoms with E-state index in [2.05, 4.69) is 27.7 Å². The van der Waals surface area contributed by atoms with Gasteiger partial charge in [0.15, 0.2) is 0 Å². The highest BCUT2D eigenvalue weighted by Gasteiger charge is 2.38. The summed E-state index contributed by atoms with van der Waals surface area (Å²) < 4.78 is 79.4. The van der Waals surface area contributed by atoms with Crippen molar-refractivity contribution < 1.29 is 26.3 Å². The number of benzene rings is 2. The van der Waals surface area contributed by atoms with Crippen LogP contribution in [-0.4, -0.2) is 17.0 Å². The molecular formula is C26H23F6N3O2. The van der Waals surface area contributed by atoms with Crippen LogP contribution in [0.2, 0.25) is 0 Å². The lowest BCUT2D eigenvalue weighted by Gasteiger charge is -2.39. The van der Waals surface area contributed by atoms with Gasteiger partial charge in [-0.25, -0.2) is 0 Å². The van der Waals surface area contributed by atoms with Crippen molar-refractivity contribution in [2.75, 3.05) is 10.6 Å². The number of rotatable bonds is 5. The van der Waals surface area contributed by atoms with Crippen LogP contribution < -0.4 is 21.5 Å². The molecule has 0 unspecified atom stereocenters. The Bertz CT molecular complexity index is 1330. The summed E-state index contributed by atoms with van der Waals surface area (Å²) in [5.74, 6) is 0. The number of hydrogen-bond donors (Lipinski definition) is 2. The summed E-state index contributed by atoms with van der Waals surface area (Å²) in [6, 6.07) is 8.88. The first-order valence-corrected chi connectivity index (χ1v) is 11.9. The highest BCUT2D eigenvalue weighted by atomic mass is 19.4. The van der Waals surface area contributed by atoms with Crippen LogP contribution in [0.1, 0.15) is 47.9 Å². The molecule has 2 atom stereocenters. The minimum Gasteiger partial charge on any atom is -0.376 e. The third kappa shape index (κ3) is 4.96. The van der Waals surface area contributed by atoms with E-state index in [1.165, 1.54) is 11.1 Å². The second-order valence-electron chi connectivity index (χ2n) is 9.60. The Hall–Kier alpha value is -3.34. The molecule has 0 amide bonds.